The highest BCUT2D eigenvalue weighted by atomic mass is 16.5. The molecule has 0 amide bonds. The number of hydrogen-bond donors (Lipinski definition) is 0. The average molecular weight is 318 g/mol. The second-order valence-electron chi connectivity index (χ2n) is 4.65. The Bertz CT molecular complexity index is 741. The van der Waals surface area contributed by atoms with E-state index in [0.29, 0.717) is 34.6 Å². The predicted molar refractivity (Wildman–Crippen MR) is 83.6 cm³/mol. The number of carbonyl (C=O) groups excluding carboxylic acids is 2. The van der Waals surface area contributed by atoms with Crippen LogP contribution in [0.1, 0.15) is 23.0 Å². The lowest BCUT2D eigenvalue weighted by molar-refractivity contribution is -0.137. The van der Waals surface area contributed by atoms with Crippen molar-refractivity contribution in [1.29, 1.82) is 0 Å². The highest BCUT2D eigenvalue weighted by Gasteiger charge is 2.19. The topological polar surface area (TPSA) is 75.0 Å². The molecular formula is C17H18O6. The molecule has 1 aromatic carbocycles. The Balaban J connectivity index is 2.13. The summed E-state index contributed by atoms with van der Waals surface area (Å²) in [7, 11) is 1.32. The summed E-state index contributed by atoms with van der Waals surface area (Å²) in [6.07, 6.45) is 2.87. The van der Waals surface area contributed by atoms with Crippen LogP contribution in [0.2, 0.25) is 0 Å². The lowest BCUT2D eigenvalue weighted by Crippen LogP contribution is -2.02. The molecule has 6 nitrogen and oxygen atoms in total. The maximum Gasteiger partial charge on any atom is 0.342 e. The summed E-state index contributed by atoms with van der Waals surface area (Å²) in [5, 5.41) is 0.626. The quantitative estimate of drug-likeness (QED) is 0.602. The fraction of sp³-hybridized carbons (Fsp3) is 0.294. The van der Waals surface area contributed by atoms with Crippen LogP contribution in [0.4, 0.5) is 0 Å². The third-order valence-electron chi connectivity index (χ3n) is 3.11. The fourth-order valence-corrected chi connectivity index (χ4v) is 2.12. The molecule has 0 saturated heterocycles. The van der Waals surface area contributed by atoms with Gasteiger partial charge < -0.3 is 18.6 Å². The molecule has 0 spiro atoms. The van der Waals surface area contributed by atoms with Crippen LogP contribution in [0.5, 0.6) is 5.75 Å². The Labute approximate surface area is 133 Å². The molecule has 1 aromatic heterocycles. The normalized spacial score (nSPS) is 10.9. The first-order valence-corrected chi connectivity index (χ1v) is 7.14. The number of furan rings is 1. The smallest absolute Gasteiger partial charge is 0.342 e. The van der Waals surface area contributed by atoms with E-state index in [1.54, 1.807) is 38.1 Å². The Hall–Kier alpha value is -2.76. The van der Waals surface area contributed by atoms with E-state index in [0.717, 1.165) is 0 Å². The molecule has 0 bridgehead atoms. The van der Waals surface area contributed by atoms with Gasteiger partial charge in [0.25, 0.3) is 0 Å². The number of hydrogen-bond acceptors (Lipinski definition) is 6. The zero-order valence-corrected chi connectivity index (χ0v) is 13.3. The van der Waals surface area contributed by atoms with Crippen molar-refractivity contribution >= 4 is 22.9 Å². The fourth-order valence-electron chi connectivity index (χ4n) is 2.12. The molecule has 0 fully saturated rings. The van der Waals surface area contributed by atoms with Crippen LogP contribution in [-0.4, -0.2) is 32.3 Å². The molecule has 0 radical (unpaired) electrons. The average Bonchev–Trinajstić information content (AvgIpc) is 2.86. The monoisotopic (exact) mass is 318 g/mol. The van der Waals surface area contributed by atoms with Crippen molar-refractivity contribution in [3.8, 4) is 5.75 Å². The summed E-state index contributed by atoms with van der Waals surface area (Å²) < 4.78 is 20.6. The first kappa shape index (κ1) is 16.6. The van der Waals surface area contributed by atoms with Gasteiger partial charge in [-0.3, -0.25) is 0 Å². The van der Waals surface area contributed by atoms with Crippen molar-refractivity contribution in [2.24, 2.45) is 0 Å². The number of ether oxygens (including phenoxy) is 3. The van der Waals surface area contributed by atoms with Crippen molar-refractivity contribution in [2.45, 2.75) is 13.8 Å². The van der Waals surface area contributed by atoms with Crippen LogP contribution in [0.25, 0.3) is 11.0 Å². The van der Waals surface area contributed by atoms with E-state index in [-0.39, 0.29) is 6.61 Å². The number of carbonyl (C=O) groups is 2. The zero-order chi connectivity index (χ0) is 16.8. The van der Waals surface area contributed by atoms with Crippen LogP contribution in [0.15, 0.2) is 34.8 Å². The van der Waals surface area contributed by atoms with Crippen LogP contribution >= 0.6 is 0 Å². The minimum absolute atomic E-state index is 0.203. The predicted octanol–water partition coefficient (Wildman–Crippen LogP) is 3.03. The van der Waals surface area contributed by atoms with Gasteiger partial charge in [0.2, 0.25) is 0 Å². The minimum atomic E-state index is -0.458. The van der Waals surface area contributed by atoms with Gasteiger partial charge in [-0.15, -0.1) is 0 Å². The SMILES string of the molecule is CCOC(=O)C=CCOc1ccc2oc(C)c(C(=O)OC)c2c1. The highest BCUT2D eigenvalue weighted by Crippen LogP contribution is 2.29. The van der Waals surface area contributed by atoms with Crippen molar-refractivity contribution in [2.75, 3.05) is 20.3 Å². The second kappa shape index (κ2) is 7.49. The highest BCUT2D eigenvalue weighted by molar-refractivity contribution is 6.04. The first-order valence-electron chi connectivity index (χ1n) is 7.14. The molecule has 6 heteroatoms. The van der Waals surface area contributed by atoms with Crippen LogP contribution in [0, 0.1) is 6.92 Å². The Morgan fingerprint density at radius 2 is 2.09 bits per heavy atom. The van der Waals surface area contributed by atoms with Gasteiger partial charge in [-0.1, -0.05) is 0 Å². The van der Waals surface area contributed by atoms with Gasteiger partial charge in [0.1, 0.15) is 29.3 Å². The molecule has 0 aliphatic rings. The number of rotatable bonds is 6. The van der Waals surface area contributed by atoms with Crippen molar-refractivity contribution in [3.63, 3.8) is 0 Å². The summed E-state index contributed by atoms with van der Waals surface area (Å²) >= 11 is 0. The largest absolute Gasteiger partial charge is 0.490 e. The molecule has 23 heavy (non-hydrogen) atoms. The van der Waals surface area contributed by atoms with E-state index >= 15 is 0 Å². The first-order chi connectivity index (χ1) is 11.1. The maximum absolute atomic E-state index is 11.8. The van der Waals surface area contributed by atoms with Gasteiger partial charge in [0.15, 0.2) is 0 Å². The van der Waals surface area contributed by atoms with Gasteiger partial charge >= 0.3 is 11.9 Å². The summed E-state index contributed by atoms with van der Waals surface area (Å²) in [6, 6.07) is 5.15. The van der Waals surface area contributed by atoms with E-state index in [1.807, 2.05) is 0 Å². The molecule has 0 aliphatic carbocycles. The molecule has 1 heterocycles. The molecule has 0 unspecified atom stereocenters. The Kier molecular flexibility index (Phi) is 5.41. The molecule has 122 valence electrons. The Morgan fingerprint density at radius 3 is 2.78 bits per heavy atom. The molecule has 0 aliphatic heterocycles. The molecule has 0 N–H and O–H groups in total. The van der Waals surface area contributed by atoms with Crippen LogP contribution in [0.3, 0.4) is 0 Å². The summed E-state index contributed by atoms with van der Waals surface area (Å²) in [5.74, 6) is 0.175. The number of fused-ring (bicyclic) bond motifs is 1. The summed E-state index contributed by atoms with van der Waals surface area (Å²) in [5.41, 5.74) is 0.965. The van der Waals surface area contributed by atoms with Gasteiger partial charge in [0.05, 0.1) is 13.7 Å². The third kappa shape index (κ3) is 3.91. The summed E-state index contributed by atoms with van der Waals surface area (Å²) in [4.78, 5) is 23.0. The van der Waals surface area contributed by atoms with E-state index in [1.165, 1.54) is 13.2 Å². The standard InChI is InChI=1S/C17H18O6/c1-4-21-15(18)6-5-9-22-12-7-8-14-13(10-12)16(11(2)23-14)17(19)20-3/h5-8,10H,4,9H2,1-3H3. The lowest BCUT2D eigenvalue weighted by atomic mass is 10.1. The number of aryl methyl sites for hydroxylation is 1. The van der Waals surface area contributed by atoms with Gasteiger partial charge in [-0.05, 0) is 38.1 Å². The van der Waals surface area contributed by atoms with Gasteiger partial charge in [0, 0.05) is 11.5 Å². The van der Waals surface area contributed by atoms with E-state index in [9.17, 15) is 9.59 Å². The van der Waals surface area contributed by atoms with E-state index < -0.39 is 11.9 Å². The molecule has 0 saturated carbocycles. The molecule has 2 rings (SSSR count). The van der Waals surface area contributed by atoms with E-state index in [2.05, 4.69) is 0 Å². The van der Waals surface area contributed by atoms with Crippen LogP contribution < -0.4 is 4.74 Å². The minimum Gasteiger partial charge on any atom is -0.490 e. The van der Waals surface area contributed by atoms with Crippen molar-refractivity contribution in [1.82, 2.24) is 0 Å². The molecule has 0 atom stereocenters. The summed E-state index contributed by atoms with van der Waals surface area (Å²) in [6.45, 7) is 3.98. The van der Waals surface area contributed by atoms with E-state index in [4.69, 9.17) is 18.6 Å². The van der Waals surface area contributed by atoms with Gasteiger partial charge in [-0.2, -0.15) is 0 Å². The number of methoxy groups -OCH3 is 1. The lowest BCUT2D eigenvalue weighted by Gasteiger charge is -2.03. The van der Waals surface area contributed by atoms with Crippen LogP contribution in [-0.2, 0) is 14.3 Å². The molecular weight excluding hydrogens is 300 g/mol. The maximum atomic E-state index is 11.8. The zero-order valence-electron chi connectivity index (χ0n) is 13.3. The number of esters is 2. The molecule has 2 aromatic rings. The van der Waals surface area contributed by atoms with Crippen molar-refractivity contribution < 1.29 is 28.2 Å². The van der Waals surface area contributed by atoms with Gasteiger partial charge in [-0.25, -0.2) is 9.59 Å². The third-order valence-corrected chi connectivity index (χ3v) is 3.11. The van der Waals surface area contributed by atoms with Crippen molar-refractivity contribution in [3.05, 3.63) is 41.7 Å². The number of benzene rings is 1. The Morgan fingerprint density at radius 1 is 1.30 bits per heavy atom. The second-order valence-corrected chi connectivity index (χ2v) is 4.65.